The molecule has 0 heterocycles. The first kappa shape index (κ1) is 15.0. The summed E-state index contributed by atoms with van der Waals surface area (Å²) in [7, 11) is 0. The van der Waals surface area contributed by atoms with E-state index in [-0.39, 0.29) is 17.2 Å². The highest BCUT2D eigenvalue weighted by Crippen LogP contribution is 2.48. The van der Waals surface area contributed by atoms with E-state index in [0.29, 0.717) is 12.5 Å². The van der Waals surface area contributed by atoms with E-state index in [4.69, 9.17) is 5.73 Å². The third kappa shape index (κ3) is 3.24. The lowest BCUT2D eigenvalue weighted by atomic mass is 9.79. The largest absolute Gasteiger partial charge is 0.369 e. The number of carbonyl (C=O) groups excluding carboxylic acids is 2. The lowest BCUT2D eigenvalue weighted by molar-refractivity contribution is -0.133. The fourth-order valence-corrected chi connectivity index (χ4v) is 2.33. The van der Waals surface area contributed by atoms with Crippen LogP contribution in [0.15, 0.2) is 0 Å². The third-order valence-electron chi connectivity index (χ3n) is 4.12. The molecule has 0 aromatic heterocycles. The van der Waals surface area contributed by atoms with Gasteiger partial charge in [0.1, 0.15) is 0 Å². The zero-order valence-corrected chi connectivity index (χ0v) is 12.0. The van der Waals surface area contributed by atoms with Crippen molar-refractivity contribution in [3.63, 3.8) is 0 Å². The van der Waals surface area contributed by atoms with Crippen molar-refractivity contribution in [2.24, 2.45) is 22.5 Å². The molecule has 0 aromatic rings. The molecule has 2 amide bonds. The number of nitrogens with two attached hydrogens (primary N) is 1. The number of rotatable bonds is 7. The van der Waals surface area contributed by atoms with Gasteiger partial charge in [-0.1, -0.05) is 20.3 Å². The van der Waals surface area contributed by atoms with Crippen LogP contribution in [0.3, 0.4) is 0 Å². The SMILES string of the molecule is CCCC(C)(C(=O)NCC(C)(C)C(N)=O)C1CC1. The van der Waals surface area contributed by atoms with Gasteiger partial charge in [-0.05, 0) is 39.0 Å². The summed E-state index contributed by atoms with van der Waals surface area (Å²) in [6.07, 6.45) is 4.19. The number of amides is 2. The first-order valence-corrected chi connectivity index (χ1v) is 6.82. The van der Waals surface area contributed by atoms with Gasteiger partial charge in [0.2, 0.25) is 11.8 Å². The van der Waals surface area contributed by atoms with Gasteiger partial charge < -0.3 is 11.1 Å². The summed E-state index contributed by atoms with van der Waals surface area (Å²) >= 11 is 0. The van der Waals surface area contributed by atoms with Crippen LogP contribution in [0.25, 0.3) is 0 Å². The Morgan fingerprint density at radius 3 is 2.22 bits per heavy atom. The van der Waals surface area contributed by atoms with E-state index in [1.165, 1.54) is 0 Å². The predicted molar refractivity (Wildman–Crippen MR) is 71.7 cm³/mol. The van der Waals surface area contributed by atoms with Crippen molar-refractivity contribution in [2.75, 3.05) is 6.54 Å². The average Bonchev–Trinajstić information content (AvgIpc) is 3.09. The Morgan fingerprint density at radius 2 is 1.83 bits per heavy atom. The summed E-state index contributed by atoms with van der Waals surface area (Å²) in [6.45, 7) is 7.96. The van der Waals surface area contributed by atoms with E-state index >= 15 is 0 Å². The van der Waals surface area contributed by atoms with Crippen LogP contribution in [0.5, 0.6) is 0 Å². The Balaban J connectivity index is 2.60. The van der Waals surface area contributed by atoms with E-state index in [9.17, 15) is 9.59 Å². The minimum atomic E-state index is -0.688. The van der Waals surface area contributed by atoms with Crippen LogP contribution in [0.1, 0.15) is 53.4 Å². The molecule has 1 aliphatic rings. The topological polar surface area (TPSA) is 72.2 Å². The second-order valence-electron chi connectivity index (χ2n) is 6.37. The first-order chi connectivity index (χ1) is 8.24. The van der Waals surface area contributed by atoms with Crippen molar-refractivity contribution in [3.05, 3.63) is 0 Å². The van der Waals surface area contributed by atoms with E-state index in [1.807, 2.05) is 6.92 Å². The number of nitrogens with one attached hydrogen (secondary N) is 1. The molecule has 0 radical (unpaired) electrons. The minimum Gasteiger partial charge on any atom is -0.369 e. The molecule has 0 aliphatic heterocycles. The molecule has 1 unspecified atom stereocenters. The van der Waals surface area contributed by atoms with Crippen molar-refractivity contribution in [1.82, 2.24) is 5.32 Å². The van der Waals surface area contributed by atoms with Gasteiger partial charge in [-0.3, -0.25) is 9.59 Å². The molecule has 1 saturated carbocycles. The van der Waals surface area contributed by atoms with Crippen LogP contribution in [-0.4, -0.2) is 18.4 Å². The molecule has 1 fully saturated rings. The molecule has 4 nitrogen and oxygen atoms in total. The smallest absolute Gasteiger partial charge is 0.226 e. The summed E-state index contributed by atoms with van der Waals surface area (Å²) in [5, 5.41) is 2.91. The highest BCUT2D eigenvalue weighted by Gasteiger charge is 2.46. The summed E-state index contributed by atoms with van der Waals surface area (Å²) in [5.74, 6) is 0.196. The van der Waals surface area contributed by atoms with Crippen molar-refractivity contribution in [1.29, 1.82) is 0 Å². The molecule has 4 heteroatoms. The summed E-state index contributed by atoms with van der Waals surface area (Å²) in [4.78, 5) is 23.6. The van der Waals surface area contributed by atoms with E-state index in [0.717, 1.165) is 25.7 Å². The quantitative estimate of drug-likeness (QED) is 0.727. The standard InChI is InChI=1S/C14H26N2O2/c1-5-8-14(4,10-6-7-10)12(18)16-9-13(2,3)11(15)17/h10H,5-9H2,1-4H3,(H2,15,17)(H,16,18). The molecule has 0 spiro atoms. The maximum atomic E-state index is 12.3. The molecule has 0 bridgehead atoms. The molecule has 0 saturated heterocycles. The zero-order valence-electron chi connectivity index (χ0n) is 12.0. The van der Waals surface area contributed by atoms with Gasteiger partial charge >= 0.3 is 0 Å². The lowest BCUT2D eigenvalue weighted by Gasteiger charge is -2.30. The number of hydrogen-bond donors (Lipinski definition) is 2. The zero-order chi connectivity index (χ0) is 14.0. The maximum absolute atomic E-state index is 12.3. The van der Waals surface area contributed by atoms with Crippen LogP contribution in [0, 0.1) is 16.7 Å². The van der Waals surface area contributed by atoms with Gasteiger partial charge in [0, 0.05) is 12.0 Å². The first-order valence-electron chi connectivity index (χ1n) is 6.82. The van der Waals surface area contributed by atoms with Crippen LogP contribution in [0.4, 0.5) is 0 Å². The fraction of sp³-hybridized carbons (Fsp3) is 0.857. The Morgan fingerprint density at radius 1 is 1.28 bits per heavy atom. The van der Waals surface area contributed by atoms with Crippen LogP contribution in [0.2, 0.25) is 0 Å². The predicted octanol–water partition coefficient (Wildman–Crippen LogP) is 1.83. The van der Waals surface area contributed by atoms with Gasteiger partial charge in [-0.25, -0.2) is 0 Å². The number of hydrogen-bond acceptors (Lipinski definition) is 2. The van der Waals surface area contributed by atoms with Crippen molar-refractivity contribution >= 4 is 11.8 Å². The second-order valence-corrected chi connectivity index (χ2v) is 6.37. The van der Waals surface area contributed by atoms with Crippen molar-refractivity contribution in [3.8, 4) is 0 Å². The van der Waals surface area contributed by atoms with Crippen LogP contribution < -0.4 is 11.1 Å². The number of carbonyl (C=O) groups is 2. The van der Waals surface area contributed by atoms with Crippen LogP contribution >= 0.6 is 0 Å². The van der Waals surface area contributed by atoms with E-state index in [2.05, 4.69) is 12.2 Å². The molecule has 1 atom stereocenters. The Labute approximate surface area is 110 Å². The molecular formula is C14H26N2O2. The van der Waals surface area contributed by atoms with Crippen molar-refractivity contribution in [2.45, 2.75) is 53.4 Å². The Kier molecular flexibility index (Phi) is 4.41. The van der Waals surface area contributed by atoms with Gasteiger partial charge in [0.15, 0.2) is 0 Å². The van der Waals surface area contributed by atoms with Gasteiger partial charge in [0.05, 0.1) is 5.41 Å². The van der Waals surface area contributed by atoms with Gasteiger partial charge in [-0.2, -0.15) is 0 Å². The second kappa shape index (κ2) is 5.29. The number of primary amides is 1. The third-order valence-corrected chi connectivity index (χ3v) is 4.12. The molecule has 1 aliphatic carbocycles. The highest BCUT2D eigenvalue weighted by molar-refractivity contribution is 5.85. The molecule has 18 heavy (non-hydrogen) atoms. The monoisotopic (exact) mass is 254 g/mol. The molecular weight excluding hydrogens is 228 g/mol. The maximum Gasteiger partial charge on any atom is 0.226 e. The highest BCUT2D eigenvalue weighted by atomic mass is 16.2. The summed E-state index contributed by atoms with van der Waals surface area (Å²) in [6, 6.07) is 0. The average molecular weight is 254 g/mol. The normalized spacial score (nSPS) is 19.1. The lowest BCUT2D eigenvalue weighted by Crippen LogP contribution is -2.47. The summed E-state index contributed by atoms with van der Waals surface area (Å²) in [5.41, 5.74) is 4.34. The van der Waals surface area contributed by atoms with Gasteiger partial charge in [-0.15, -0.1) is 0 Å². The fourth-order valence-electron chi connectivity index (χ4n) is 2.33. The van der Waals surface area contributed by atoms with Gasteiger partial charge in [0.25, 0.3) is 0 Å². The molecule has 1 rings (SSSR count). The van der Waals surface area contributed by atoms with E-state index < -0.39 is 5.41 Å². The van der Waals surface area contributed by atoms with Crippen LogP contribution in [-0.2, 0) is 9.59 Å². The summed E-state index contributed by atoms with van der Waals surface area (Å²) < 4.78 is 0. The van der Waals surface area contributed by atoms with Crippen molar-refractivity contribution < 1.29 is 9.59 Å². The molecule has 3 N–H and O–H groups in total. The molecule has 0 aromatic carbocycles. The Bertz CT molecular complexity index is 335. The molecule has 104 valence electrons. The van der Waals surface area contributed by atoms with E-state index in [1.54, 1.807) is 13.8 Å². The Hall–Kier alpha value is -1.06. The minimum absolute atomic E-state index is 0.0705.